The average molecular weight is 277 g/mol. The van der Waals surface area contributed by atoms with Gasteiger partial charge in [0, 0.05) is 12.1 Å². The number of aromatic nitrogens is 3. The molecule has 6 heteroatoms. The van der Waals surface area contributed by atoms with E-state index < -0.39 is 0 Å². The summed E-state index contributed by atoms with van der Waals surface area (Å²) < 4.78 is 1.51. The van der Waals surface area contributed by atoms with Crippen LogP contribution in [0.25, 0.3) is 0 Å². The Morgan fingerprint density at radius 3 is 2.68 bits per heavy atom. The second-order valence-electron chi connectivity index (χ2n) is 4.13. The molecular weight excluding hydrogens is 262 g/mol. The van der Waals surface area contributed by atoms with Crippen LogP contribution in [0, 0.1) is 6.92 Å². The molecule has 5 nitrogen and oxygen atoms in total. The Balaban J connectivity index is 2.04. The zero-order valence-electron chi connectivity index (χ0n) is 10.8. The van der Waals surface area contributed by atoms with Gasteiger partial charge in [-0.25, -0.2) is 9.89 Å². The van der Waals surface area contributed by atoms with Crippen LogP contribution in [0.4, 0.5) is 0 Å². The highest BCUT2D eigenvalue weighted by atomic mass is 32.2. The Morgan fingerprint density at radius 1 is 1.37 bits per heavy atom. The maximum atomic E-state index is 12.0. The van der Waals surface area contributed by atoms with Gasteiger partial charge in [-0.05, 0) is 13.8 Å². The smallest absolute Gasteiger partial charge is 0.293 e. The third kappa shape index (κ3) is 3.14. The van der Waals surface area contributed by atoms with Crippen molar-refractivity contribution in [2.45, 2.75) is 25.5 Å². The highest BCUT2D eigenvalue weighted by Gasteiger charge is 2.11. The van der Waals surface area contributed by atoms with E-state index in [2.05, 4.69) is 10.2 Å². The molecule has 0 fully saturated rings. The molecule has 1 aromatic heterocycles. The number of hydrogen-bond donors (Lipinski definition) is 1. The lowest BCUT2D eigenvalue weighted by Crippen LogP contribution is -2.16. The fourth-order valence-electron chi connectivity index (χ4n) is 1.65. The minimum absolute atomic E-state index is 0.0307. The Kier molecular flexibility index (Phi) is 4.21. The lowest BCUT2D eigenvalue weighted by Gasteiger charge is -2.02. The number of thioether (sulfide) groups is 1. The predicted molar refractivity (Wildman–Crippen MR) is 74.8 cm³/mol. The zero-order chi connectivity index (χ0) is 13.8. The van der Waals surface area contributed by atoms with Gasteiger partial charge in [0.1, 0.15) is 0 Å². The number of Topliss-reactive ketones (excluding diaryl/α,β-unsaturated/α-hetero) is 1. The lowest BCUT2D eigenvalue weighted by molar-refractivity contribution is 0.102. The number of aryl methyl sites for hydroxylation is 1. The van der Waals surface area contributed by atoms with Gasteiger partial charge in [0.05, 0.1) is 5.75 Å². The van der Waals surface area contributed by atoms with Crippen LogP contribution in [0.15, 0.2) is 34.2 Å². The average Bonchev–Trinajstić information content (AvgIpc) is 2.77. The summed E-state index contributed by atoms with van der Waals surface area (Å²) in [4.78, 5) is 23.4. The van der Waals surface area contributed by atoms with Crippen LogP contribution < -0.4 is 5.69 Å². The van der Waals surface area contributed by atoms with Crippen molar-refractivity contribution >= 4 is 17.5 Å². The standard InChI is InChI=1S/C13H15N3O2S/c1-3-16-12(18)14-15-13(16)19-8-11(17)10-6-4-9(2)5-7-10/h4-7H,3,8H2,1-2H3,(H,14,18). The molecule has 0 saturated carbocycles. The van der Waals surface area contributed by atoms with Crippen LogP contribution in [0.5, 0.6) is 0 Å². The molecule has 0 amide bonds. The first-order chi connectivity index (χ1) is 9.11. The third-order valence-corrected chi connectivity index (χ3v) is 3.72. The Hall–Kier alpha value is -1.82. The molecule has 2 rings (SSSR count). The Morgan fingerprint density at radius 2 is 2.05 bits per heavy atom. The summed E-state index contributed by atoms with van der Waals surface area (Å²) in [6.07, 6.45) is 0. The molecule has 0 saturated heterocycles. The van der Waals surface area contributed by atoms with Crippen molar-refractivity contribution in [1.82, 2.24) is 14.8 Å². The van der Waals surface area contributed by atoms with E-state index in [9.17, 15) is 9.59 Å². The molecule has 2 aromatic rings. The number of nitrogens with zero attached hydrogens (tertiary/aromatic N) is 2. The summed E-state index contributed by atoms with van der Waals surface area (Å²) in [7, 11) is 0. The van der Waals surface area contributed by atoms with E-state index in [1.807, 2.05) is 38.1 Å². The van der Waals surface area contributed by atoms with E-state index in [1.54, 1.807) is 0 Å². The molecule has 1 N–H and O–H groups in total. The molecule has 1 heterocycles. The highest BCUT2D eigenvalue weighted by molar-refractivity contribution is 7.99. The number of nitrogens with one attached hydrogen (secondary N) is 1. The number of carbonyl (C=O) groups excluding carboxylic acids is 1. The van der Waals surface area contributed by atoms with Crippen LogP contribution in [0.2, 0.25) is 0 Å². The van der Waals surface area contributed by atoms with Gasteiger partial charge in [0.2, 0.25) is 0 Å². The van der Waals surface area contributed by atoms with Gasteiger partial charge in [-0.1, -0.05) is 41.6 Å². The van der Waals surface area contributed by atoms with Crippen LogP contribution >= 0.6 is 11.8 Å². The SMILES string of the molecule is CCn1c(SCC(=O)c2ccc(C)cc2)n[nH]c1=O. The van der Waals surface area contributed by atoms with E-state index in [0.717, 1.165) is 5.56 Å². The molecule has 0 aliphatic carbocycles. The van der Waals surface area contributed by atoms with Crippen molar-refractivity contribution in [3.63, 3.8) is 0 Å². The first-order valence-electron chi connectivity index (χ1n) is 5.99. The summed E-state index contributed by atoms with van der Waals surface area (Å²) >= 11 is 1.27. The zero-order valence-corrected chi connectivity index (χ0v) is 11.7. The van der Waals surface area contributed by atoms with Crippen LogP contribution in [0.1, 0.15) is 22.8 Å². The van der Waals surface area contributed by atoms with E-state index >= 15 is 0 Å². The minimum Gasteiger partial charge on any atom is -0.293 e. The summed E-state index contributed by atoms with van der Waals surface area (Å²) in [6.45, 7) is 4.38. The van der Waals surface area contributed by atoms with Gasteiger partial charge >= 0.3 is 5.69 Å². The molecule has 0 aliphatic rings. The van der Waals surface area contributed by atoms with Crippen molar-refractivity contribution in [1.29, 1.82) is 0 Å². The quantitative estimate of drug-likeness (QED) is 0.669. The monoisotopic (exact) mass is 277 g/mol. The van der Waals surface area contributed by atoms with E-state index in [4.69, 9.17) is 0 Å². The molecule has 0 bridgehead atoms. The van der Waals surface area contributed by atoms with E-state index in [-0.39, 0.29) is 17.2 Å². The Bertz CT molecular complexity index is 628. The molecule has 0 aliphatic heterocycles. The molecule has 0 unspecified atom stereocenters. The van der Waals surface area contributed by atoms with Crippen molar-refractivity contribution in [3.8, 4) is 0 Å². The maximum absolute atomic E-state index is 12.0. The van der Waals surface area contributed by atoms with Gasteiger partial charge in [-0.3, -0.25) is 9.36 Å². The number of aromatic amines is 1. The first kappa shape index (κ1) is 13.6. The minimum atomic E-state index is -0.243. The van der Waals surface area contributed by atoms with Gasteiger partial charge in [-0.2, -0.15) is 0 Å². The highest BCUT2D eigenvalue weighted by Crippen LogP contribution is 2.15. The molecule has 1 aromatic carbocycles. The van der Waals surface area contributed by atoms with Crippen LogP contribution in [-0.4, -0.2) is 26.3 Å². The normalized spacial score (nSPS) is 10.6. The second kappa shape index (κ2) is 5.88. The third-order valence-electron chi connectivity index (χ3n) is 2.75. The maximum Gasteiger partial charge on any atom is 0.343 e. The predicted octanol–water partition coefficient (Wildman–Crippen LogP) is 1.87. The van der Waals surface area contributed by atoms with Gasteiger partial charge < -0.3 is 0 Å². The van der Waals surface area contributed by atoms with E-state index in [0.29, 0.717) is 17.3 Å². The van der Waals surface area contributed by atoms with Gasteiger partial charge in [-0.15, -0.1) is 5.10 Å². The first-order valence-corrected chi connectivity index (χ1v) is 6.98. The number of ketones is 1. The van der Waals surface area contributed by atoms with E-state index in [1.165, 1.54) is 16.3 Å². The van der Waals surface area contributed by atoms with Crippen molar-refractivity contribution in [2.75, 3.05) is 5.75 Å². The number of rotatable bonds is 5. The summed E-state index contributed by atoms with van der Waals surface area (Å²) in [5, 5.41) is 6.84. The molecule has 0 spiro atoms. The summed E-state index contributed by atoms with van der Waals surface area (Å²) in [6, 6.07) is 7.45. The largest absolute Gasteiger partial charge is 0.343 e. The number of hydrogen-bond acceptors (Lipinski definition) is 4. The second-order valence-corrected chi connectivity index (χ2v) is 5.08. The molecule has 19 heavy (non-hydrogen) atoms. The van der Waals surface area contributed by atoms with Crippen molar-refractivity contribution in [3.05, 3.63) is 45.9 Å². The summed E-state index contributed by atoms with van der Waals surface area (Å²) in [5.74, 6) is 0.302. The van der Waals surface area contributed by atoms with Crippen molar-refractivity contribution in [2.24, 2.45) is 0 Å². The molecule has 100 valence electrons. The number of benzene rings is 1. The molecular formula is C13H15N3O2S. The fourth-order valence-corrected chi connectivity index (χ4v) is 2.55. The topological polar surface area (TPSA) is 67.8 Å². The number of carbonyl (C=O) groups is 1. The summed E-state index contributed by atoms with van der Waals surface area (Å²) in [5.41, 5.74) is 1.56. The fraction of sp³-hybridized carbons (Fsp3) is 0.308. The van der Waals surface area contributed by atoms with Gasteiger partial charge in [0.15, 0.2) is 10.9 Å². The van der Waals surface area contributed by atoms with Crippen LogP contribution in [-0.2, 0) is 6.54 Å². The number of H-pyrrole nitrogens is 1. The Labute approximate surface area is 115 Å². The van der Waals surface area contributed by atoms with Crippen LogP contribution in [0.3, 0.4) is 0 Å². The van der Waals surface area contributed by atoms with Crippen molar-refractivity contribution < 1.29 is 4.79 Å². The lowest BCUT2D eigenvalue weighted by atomic mass is 10.1. The molecule has 0 radical (unpaired) electrons. The van der Waals surface area contributed by atoms with Gasteiger partial charge in [0.25, 0.3) is 0 Å². The molecule has 0 atom stereocenters.